The maximum atomic E-state index is 5.90. The van der Waals surface area contributed by atoms with E-state index in [4.69, 9.17) is 10.7 Å². The third-order valence-electron chi connectivity index (χ3n) is 4.67. The molecule has 4 rings (SSSR count). The zero-order valence-corrected chi connectivity index (χ0v) is 13.0. The topological polar surface area (TPSA) is 42.1 Å². The minimum Gasteiger partial charge on any atom is -0.399 e. The van der Waals surface area contributed by atoms with Crippen LogP contribution in [0.2, 0.25) is 0 Å². The lowest BCUT2D eigenvalue weighted by Gasteiger charge is -2.18. The van der Waals surface area contributed by atoms with Gasteiger partial charge in [-0.1, -0.05) is 18.7 Å². The molecule has 1 saturated carbocycles. The molecule has 2 aliphatic rings. The van der Waals surface area contributed by atoms with E-state index in [1.807, 2.05) is 18.2 Å². The van der Waals surface area contributed by atoms with Crippen LogP contribution in [0.15, 0.2) is 36.9 Å². The fraction of sp³-hybridized carbons (Fsp3) is 0.316. The van der Waals surface area contributed by atoms with Crippen molar-refractivity contribution >= 4 is 11.4 Å². The summed E-state index contributed by atoms with van der Waals surface area (Å²) in [7, 11) is 0. The Kier molecular flexibility index (Phi) is 2.96. The van der Waals surface area contributed by atoms with Gasteiger partial charge in [0.15, 0.2) is 0 Å². The molecule has 0 saturated heterocycles. The van der Waals surface area contributed by atoms with Crippen LogP contribution < -0.4 is 5.73 Å². The third-order valence-corrected chi connectivity index (χ3v) is 4.67. The van der Waals surface area contributed by atoms with Crippen LogP contribution in [0.1, 0.15) is 29.7 Å². The average Bonchev–Trinajstić information content (AvgIpc) is 3.24. The zero-order valence-electron chi connectivity index (χ0n) is 13.0. The summed E-state index contributed by atoms with van der Waals surface area (Å²) in [6, 6.07) is 10.1. The van der Waals surface area contributed by atoms with E-state index >= 15 is 0 Å². The first-order valence-corrected chi connectivity index (χ1v) is 7.92. The van der Waals surface area contributed by atoms with Gasteiger partial charge in [0.1, 0.15) is 0 Å². The summed E-state index contributed by atoms with van der Waals surface area (Å²) in [4.78, 5) is 7.21. The number of hydrogen-bond acceptors (Lipinski definition) is 3. The van der Waals surface area contributed by atoms with Crippen LogP contribution in [-0.2, 0) is 6.54 Å². The van der Waals surface area contributed by atoms with Gasteiger partial charge in [-0.05, 0) is 49.4 Å². The monoisotopic (exact) mass is 291 g/mol. The highest BCUT2D eigenvalue weighted by Gasteiger charge is 2.30. The summed E-state index contributed by atoms with van der Waals surface area (Å²) in [6.45, 7) is 8.49. The van der Waals surface area contributed by atoms with E-state index in [0.29, 0.717) is 0 Å². The van der Waals surface area contributed by atoms with Gasteiger partial charge in [-0.15, -0.1) is 0 Å². The van der Waals surface area contributed by atoms with Crippen molar-refractivity contribution in [3.63, 3.8) is 0 Å². The van der Waals surface area contributed by atoms with Crippen molar-refractivity contribution in [2.75, 3.05) is 12.3 Å². The average molecular weight is 291 g/mol. The van der Waals surface area contributed by atoms with Gasteiger partial charge in [-0.25, -0.2) is 0 Å². The van der Waals surface area contributed by atoms with E-state index < -0.39 is 0 Å². The standard InChI is InChI=1S/C19H21N3/c1-12-19-13(2)22(10-14-6-7-14)11-16(19)9-18(21-12)15-4-3-5-17(20)8-15/h3-5,8-9,14H,2,6-7,10-11,20H2,1H3. The normalized spacial score (nSPS) is 17.0. The van der Waals surface area contributed by atoms with Crippen LogP contribution in [0.4, 0.5) is 5.69 Å². The van der Waals surface area contributed by atoms with E-state index in [2.05, 4.69) is 30.5 Å². The number of nitrogens with two attached hydrogens (primary N) is 1. The second-order valence-corrected chi connectivity index (χ2v) is 6.52. The number of pyridine rings is 1. The van der Waals surface area contributed by atoms with Crippen LogP contribution in [0.25, 0.3) is 17.0 Å². The van der Waals surface area contributed by atoms with Gasteiger partial charge < -0.3 is 10.6 Å². The van der Waals surface area contributed by atoms with Crippen molar-refractivity contribution in [2.24, 2.45) is 5.92 Å². The molecule has 2 N–H and O–H groups in total. The first-order valence-electron chi connectivity index (χ1n) is 7.92. The quantitative estimate of drug-likeness (QED) is 0.874. The molecule has 0 spiro atoms. The molecular formula is C19H21N3. The molecule has 0 amide bonds. The third kappa shape index (κ3) is 2.27. The van der Waals surface area contributed by atoms with Crippen LogP contribution in [-0.4, -0.2) is 16.4 Å². The second kappa shape index (κ2) is 4.87. The molecule has 1 aromatic carbocycles. The first-order chi connectivity index (χ1) is 10.6. The predicted molar refractivity (Wildman–Crippen MR) is 91.0 cm³/mol. The van der Waals surface area contributed by atoms with Crippen molar-refractivity contribution in [3.8, 4) is 11.3 Å². The Bertz CT molecular complexity index is 759. The summed E-state index contributed by atoms with van der Waals surface area (Å²) in [6.07, 6.45) is 2.73. The molecule has 2 heterocycles. The van der Waals surface area contributed by atoms with Crippen molar-refractivity contribution in [1.29, 1.82) is 0 Å². The number of nitrogen functional groups attached to an aromatic ring is 1. The van der Waals surface area contributed by atoms with Gasteiger partial charge in [0.2, 0.25) is 0 Å². The Labute approximate surface area is 131 Å². The predicted octanol–water partition coefficient (Wildman–Crippen LogP) is 3.84. The van der Waals surface area contributed by atoms with E-state index in [0.717, 1.165) is 47.3 Å². The minimum atomic E-state index is 0.775. The molecular weight excluding hydrogens is 270 g/mol. The number of rotatable bonds is 3. The van der Waals surface area contributed by atoms with Crippen LogP contribution in [0.3, 0.4) is 0 Å². The van der Waals surface area contributed by atoms with Crippen molar-refractivity contribution in [1.82, 2.24) is 9.88 Å². The molecule has 1 aliphatic heterocycles. The fourth-order valence-electron chi connectivity index (χ4n) is 3.35. The van der Waals surface area contributed by atoms with Gasteiger partial charge >= 0.3 is 0 Å². The number of nitrogens with zero attached hydrogens (tertiary/aromatic N) is 2. The fourth-order valence-corrected chi connectivity index (χ4v) is 3.35. The molecule has 1 aliphatic carbocycles. The smallest absolute Gasteiger partial charge is 0.0709 e. The molecule has 22 heavy (non-hydrogen) atoms. The number of aryl methyl sites for hydroxylation is 1. The SMILES string of the molecule is C=C1c2c(cc(-c3cccc(N)c3)nc2C)CN1CC1CC1. The summed E-state index contributed by atoms with van der Waals surface area (Å²) >= 11 is 0. The molecule has 1 aromatic heterocycles. The largest absolute Gasteiger partial charge is 0.399 e. The lowest BCUT2D eigenvalue weighted by Crippen LogP contribution is -2.17. The summed E-state index contributed by atoms with van der Waals surface area (Å²) < 4.78 is 0. The highest BCUT2D eigenvalue weighted by atomic mass is 15.2. The number of fused-ring (bicyclic) bond motifs is 1. The van der Waals surface area contributed by atoms with Crippen molar-refractivity contribution in [3.05, 3.63) is 53.7 Å². The number of benzene rings is 1. The van der Waals surface area contributed by atoms with Gasteiger partial charge in [0, 0.05) is 41.3 Å². The zero-order chi connectivity index (χ0) is 15.3. The minimum absolute atomic E-state index is 0.775. The molecule has 0 atom stereocenters. The second-order valence-electron chi connectivity index (χ2n) is 6.52. The van der Waals surface area contributed by atoms with E-state index in [9.17, 15) is 0 Å². The molecule has 3 nitrogen and oxygen atoms in total. The highest BCUT2D eigenvalue weighted by molar-refractivity contribution is 5.74. The van der Waals surface area contributed by atoms with Crippen LogP contribution in [0.5, 0.6) is 0 Å². The van der Waals surface area contributed by atoms with Crippen LogP contribution >= 0.6 is 0 Å². The van der Waals surface area contributed by atoms with E-state index in [1.165, 1.54) is 24.0 Å². The Morgan fingerprint density at radius 1 is 1.32 bits per heavy atom. The molecule has 112 valence electrons. The van der Waals surface area contributed by atoms with Gasteiger partial charge in [0.05, 0.1) is 5.69 Å². The first kappa shape index (κ1) is 13.4. The molecule has 1 fully saturated rings. The molecule has 2 aromatic rings. The summed E-state index contributed by atoms with van der Waals surface area (Å²) in [5, 5.41) is 0. The molecule has 3 heteroatoms. The van der Waals surface area contributed by atoms with Crippen molar-refractivity contribution in [2.45, 2.75) is 26.3 Å². The molecule has 0 radical (unpaired) electrons. The number of anilines is 1. The lowest BCUT2D eigenvalue weighted by molar-refractivity contribution is 0.391. The Balaban J connectivity index is 1.71. The van der Waals surface area contributed by atoms with Crippen LogP contribution in [0, 0.1) is 12.8 Å². The Hall–Kier alpha value is -2.29. The van der Waals surface area contributed by atoms with Gasteiger partial charge in [0.25, 0.3) is 0 Å². The highest BCUT2D eigenvalue weighted by Crippen LogP contribution is 2.39. The lowest BCUT2D eigenvalue weighted by atomic mass is 10.0. The van der Waals surface area contributed by atoms with E-state index in [-0.39, 0.29) is 0 Å². The number of hydrogen-bond donors (Lipinski definition) is 1. The molecule has 0 bridgehead atoms. The Morgan fingerprint density at radius 2 is 2.14 bits per heavy atom. The maximum absolute atomic E-state index is 5.90. The molecule has 0 unspecified atom stereocenters. The Morgan fingerprint density at radius 3 is 2.86 bits per heavy atom. The van der Waals surface area contributed by atoms with E-state index in [1.54, 1.807) is 0 Å². The summed E-state index contributed by atoms with van der Waals surface area (Å²) in [5.41, 5.74) is 13.6. The van der Waals surface area contributed by atoms with Crippen molar-refractivity contribution < 1.29 is 0 Å². The van der Waals surface area contributed by atoms with Gasteiger partial charge in [-0.2, -0.15) is 0 Å². The number of aromatic nitrogens is 1. The summed E-state index contributed by atoms with van der Waals surface area (Å²) in [5.74, 6) is 0.868. The maximum Gasteiger partial charge on any atom is 0.0709 e. The van der Waals surface area contributed by atoms with Gasteiger partial charge in [-0.3, -0.25) is 4.98 Å².